The van der Waals surface area contributed by atoms with E-state index in [1.165, 1.54) is 56.8 Å². The standard InChI is InChI=1S/C21H24I2/c1-3-5-11-21(12-6-4-2)19-13-15(22)7-9-17(19)18-10-8-16(23)14-20(18)21/h7-10,13-14H,3-6,11-12H2,1-2H3. The van der Waals surface area contributed by atoms with Crippen molar-refractivity contribution >= 4 is 45.2 Å². The van der Waals surface area contributed by atoms with E-state index in [-0.39, 0.29) is 5.41 Å². The molecule has 0 radical (unpaired) electrons. The summed E-state index contributed by atoms with van der Waals surface area (Å²) in [6.45, 7) is 4.63. The molecule has 1 aliphatic carbocycles. The third-order valence-corrected chi connectivity index (χ3v) is 6.54. The number of benzene rings is 2. The van der Waals surface area contributed by atoms with E-state index in [4.69, 9.17) is 0 Å². The zero-order valence-corrected chi connectivity index (χ0v) is 18.3. The van der Waals surface area contributed by atoms with Crippen LogP contribution >= 0.6 is 45.2 Å². The quantitative estimate of drug-likeness (QED) is 0.339. The van der Waals surface area contributed by atoms with Crippen molar-refractivity contribution in [1.29, 1.82) is 0 Å². The molecule has 2 aromatic rings. The molecule has 0 amide bonds. The van der Waals surface area contributed by atoms with Gasteiger partial charge in [-0.1, -0.05) is 51.7 Å². The molecule has 2 heteroatoms. The lowest BCUT2D eigenvalue weighted by Crippen LogP contribution is -2.25. The minimum atomic E-state index is 0.235. The highest BCUT2D eigenvalue weighted by Crippen LogP contribution is 2.54. The van der Waals surface area contributed by atoms with Gasteiger partial charge in [-0.25, -0.2) is 0 Å². The van der Waals surface area contributed by atoms with Crippen LogP contribution < -0.4 is 0 Å². The number of hydrogen-bond donors (Lipinski definition) is 0. The van der Waals surface area contributed by atoms with Crippen molar-refractivity contribution in [2.45, 2.75) is 57.8 Å². The maximum atomic E-state index is 2.47. The molecule has 2 aromatic carbocycles. The predicted molar refractivity (Wildman–Crippen MR) is 117 cm³/mol. The molecule has 0 fully saturated rings. The van der Waals surface area contributed by atoms with Gasteiger partial charge in [-0.2, -0.15) is 0 Å². The van der Waals surface area contributed by atoms with E-state index in [1.807, 2.05) is 0 Å². The molecular weight excluding hydrogens is 506 g/mol. The second kappa shape index (κ2) is 7.42. The Hall–Kier alpha value is -0.100. The molecule has 1 aliphatic rings. The molecular formula is C21H24I2. The van der Waals surface area contributed by atoms with Gasteiger partial charge in [0.25, 0.3) is 0 Å². The summed E-state index contributed by atoms with van der Waals surface area (Å²) in [5, 5.41) is 0. The molecule has 0 heterocycles. The minimum absolute atomic E-state index is 0.235. The summed E-state index contributed by atoms with van der Waals surface area (Å²) in [5.74, 6) is 0. The average Bonchev–Trinajstić information content (AvgIpc) is 2.80. The molecule has 0 bridgehead atoms. The second-order valence-electron chi connectivity index (χ2n) is 6.67. The maximum Gasteiger partial charge on any atom is 0.0216 e. The van der Waals surface area contributed by atoms with Gasteiger partial charge < -0.3 is 0 Å². The van der Waals surface area contributed by atoms with Crippen molar-refractivity contribution in [3.8, 4) is 11.1 Å². The largest absolute Gasteiger partial charge is 0.0654 e. The van der Waals surface area contributed by atoms with Crippen LogP contribution in [0.2, 0.25) is 0 Å². The van der Waals surface area contributed by atoms with Crippen LogP contribution in [-0.4, -0.2) is 0 Å². The van der Waals surface area contributed by atoms with Crippen molar-refractivity contribution in [3.63, 3.8) is 0 Å². The van der Waals surface area contributed by atoms with E-state index in [2.05, 4.69) is 95.4 Å². The Morgan fingerprint density at radius 2 is 1.17 bits per heavy atom. The fraction of sp³-hybridized carbons (Fsp3) is 0.429. The maximum absolute atomic E-state index is 2.47. The summed E-state index contributed by atoms with van der Waals surface area (Å²) >= 11 is 4.94. The predicted octanol–water partition coefficient (Wildman–Crippen LogP) is 7.54. The van der Waals surface area contributed by atoms with Crippen LogP contribution in [0.5, 0.6) is 0 Å². The van der Waals surface area contributed by atoms with Crippen LogP contribution in [0.25, 0.3) is 11.1 Å². The molecule has 23 heavy (non-hydrogen) atoms. The SMILES string of the molecule is CCCCC1(CCCC)c2cc(I)ccc2-c2ccc(I)cc21. The Balaban J connectivity index is 2.23. The smallest absolute Gasteiger partial charge is 0.0216 e. The Bertz CT molecular complexity index is 641. The molecule has 0 unspecified atom stereocenters. The zero-order chi connectivity index (χ0) is 16.4. The summed E-state index contributed by atoms with van der Waals surface area (Å²) < 4.78 is 2.72. The molecule has 122 valence electrons. The van der Waals surface area contributed by atoms with Crippen molar-refractivity contribution in [2.75, 3.05) is 0 Å². The van der Waals surface area contributed by atoms with Crippen molar-refractivity contribution in [2.24, 2.45) is 0 Å². The van der Waals surface area contributed by atoms with Crippen LogP contribution in [0.15, 0.2) is 36.4 Å². The van der Waals surface area contributed by atoms with Crippen LogP contribution in [-0.2, 0) is 5.41 Å². The number of fused-ring (bicyclic) bond motifs is 3. The van der Waals surface area contributed by atoms with Crippen LogP contribution in [0.4, 0.5) is 0 Å². The van der Waals surface area contributed by atoms with Gasteiger partial charge in [0.2, 0.25) is 0 Å². The van der Waals surface area contributed by atoms with Crippen LogP contribution in [0.1, 0.15) is 63.5 Å². The van der Waals surface area contributed by atoms with Gasteiger partial charge in [0.1, 0.15) is 0 Å². The van der Waals surface area contributed by atoms with Crippen LogP contribution in [0.3, 0.4) is 0 Å². The van der Waals surface area contributed by atoms with Gasteiger partial charge in [0.15, 0.2) is 0 Å². The Kier molecular flexibility index (Phi) is 5.72. The molecule has 0 aliphatic heterocycles. The van der Waals surface area contributed by atoms with E-state index in [0.29, 0.717) is 0 Å². The lowest BCUT2D eigenvalue weighted by atomic mass is 9.71. The van der Waals surface area contributed by atoms with Gasteiger partial charge in [-0.3, -0.25) is 0 Å². The Morgan fingerprint density at radius 3 is 1.57 bits per heavy atom. The van der Waals surface area contributed by atoms with Gasteiger partial charge in [0, 0.05) is 12.6 Å². The summed E-state index contributed by atoms with van der Waals surface area (Å²) in [7, 11) is 0. The minimum Gasteiger partial charge on any atom is -0.0654 e. The summed E-state index contributed by atoms with van der Waals surface area (Å²) in [6.07, 6.45) is 7.71. The highest BCUT2D eigenvalue weighted by molar-refractivity contribution is 14.1. The molecule has 0 saturated heterocycles. The summed E-state index contributed by atoms with van der Waals surface area (Å²) in [5.41, 5.74) is 6.36. The molecule has 0 N–H and O–H groups in total. The first-order valence-corrected chi connectivity index (χ1v) is 10.9. The van der Waals surface area contributed by atoms with Crippen molar-refractivity contribution < 1.29 is 0 Å². The Morgan fingerprint density at radius 1 is 0.739 bits per heavy atom. The molecule has 0 saturated carbocycles. The van der Waals surface area contributed by atoms with Gasteiger partial charge in [-0.05, 0) is 105 Å². The molecule has 0 atom stereocenters. The first-order chi connectivity index (χ1) is 11.1. The van der Waals surface area contributed by atoms with Crippen molar-refractivity contribution in [1.82, 2.24) is 0 Å². The van der Waals surface area contributed by atoms with E-state index in [9.17, 15) is 0 Å². The molecule has 0 nitrogen and oxygen atoms in total. The van der Waals surface area contributed by atoms with E-state index in [1.54, 1.807) is 11.1 Å². The highest BCUT2D eigenvalue weighted by Gasteiger charge is 2.42. The molecule has 3 rings (SSSR count). The lowest BCUT2D eigenvalue weighted by molar-refractivity contribution is 0.414. The monoisotopic (exact) mass is 530 g/mol. The fourth-order valence-corrected chi connectivity index (χ4v) is 5.04. The molecule has 0 spiro atoms. The van der Waals surface area contributed by atoms with Gasteiger partial charge >= 0.3 is 0 Å². The fourth-order valence-electron chi connectivity index (χ4n) is 4.06. The number of hydrogen-bond acceptors (Lipinski definition) is 0. The van der Waals surface area contributed by atoms with Crippen molar-refractivity contribution in [3.05, 3.63) is 54.7 Å². The van der Waals surface area contributed by atoms with Crippen LogP contribution in [0, 0.1) is 7.14 Å². The second-order valence-corrected chi connectivity index (χ2v) is 9.16. The Labute approximate surface area is 167 Å². The summed E-state index contributed by atoms with van der Waals surface area (Å²) in [4.78, 5) is 0. The normalized spacial score (nSPS) is 14.6. The average molecular weight is 530 g/mol. The van der Waals surface area contributed by atoms with E-state index in [0.717, 1.165) is 0 Å². The number of halogens is 2. The highest BCUT2D eigenvalue weighted by atomic mass is 127. The third kappa shape index (κ3) is 3.22. The van der Waals surface area contributed by atoms with Gasteiger partial charge in [-0.15, -0.1) is 0 Å². The van der Waals surface area contributed by atoms with E-state index < -0.39 is 0 Å². The van der Waals surface area contributed by atoms with E-state index >= 15 is 0 Å². The topological polar surface area (TPSA) is 0 Å². The lowest BCUT2D eigenvalue weighted by Gasteiger charge is -2.33. The third-order valence-electron chi connectivity index (χ3n) is 5.20. The zero-order valence-electron chi connectivity index (χ0n) is 14.0. The first kappa shape index (κ1) is 17.7. The summed E-state index contributed by atoms with van der Waals surface area (Å²) in [6, 6.07) is 14.1. The molecule has 0 aromatic heterocycles. The van der Waals surface area contributed by atoms with Gasteiger partial charge in [0.05, 0.1) is 0 Å². The first-order valence-electron chi connectivity index (χ1n) is 8.73. The number of rotatable bonds is 6. The number of unbranched alkanes of at least 4 members (excludes halogenated alkanes) is 2.